The molecule has 20 heavy (non-hydrogen) atoms. The average molecular weight is 274 g/mol. The van der Waals surface area contributed by atoms with Crippen molar-refractivity contribution in [2.24, 2.45) is 7.05 Å². The van der Waals surface area contributed by atoms with Crippen LogP contribution in [-0.4, -0.2) is 27.5 Å². The third kappa shape index (κ3) is 3.38. The van der Waals surface area contributed by atoms with Gasteiger partial charge in [0.05, 0.1) is 18.7 Å². The second kappa shape index (κ2) is 6.23. The van der Waals surface area contributed by atoms with Crippen molar-refractivity contribution in [1.82, 2.24) is 9.78 Å². The quantitative estimate of drug-likeness (QED) is 0.849. The molecule has 5 heteroatoms. The van der Waals surface area contributed by atoms with E-state index in [9.17, 15) is 9.90 Å². The summed E-state index contributed by atoms with van der Waals surface area (Å²) in [6.07, 6.45) is 2.07. The van der Waals surface area contributed by atoms with E-state index in [2.05, 4.69) is 5.10 Å². The molecule has 5 nitrogen and oxygen atoms in total. The van der Waals surface area contributed by atoms with Gasteiger partial charge in [0.15, 0.2) is 0 Å². The van der Waals surface area contributed by atoms with Crippen LogP contribution in [0.2, 0.25) is 0 Å². The van der Waals surface area contributed by atoms with Crippen LogP contribution < -0.4 is 0 Å². The van der Waals surface area contributed by atoms with Gasteiger partial charge in [-0.1, -0.05) is 12.1 Å². The van der Waals surface area contributed by atoms with Crippen LogP contribution in [0.25, 0.3) is 0 Å². The van der Waals surface area contributed by atoms with E-state index in [1.807, 2.05) is 19.3 Å². The van der Waals surface area contributed by atoms with Gasteiger partial charge >= 0.3 is 5.97 Å². The molecule has 1 atom stereocenters. The van der Waals surface area contributed by atoms with Crippen LogP contribution in [0, 0.1) is 0 Å². The van der Waals surface area contributed by atoms with Crippen LogP contribution in [0.15, 0.2) is 36.5 Å². The smallest absolute Gasteiger partial charge is 0.306 e. The van der Waals surface area contributed by atoms with E-state index in [-0.39, 0.29) is 24.1 Å². The second-order valence-corrected chi connectivity index (χ2v) is 4.57. The Labute approximate surface area is 117 Å². The summed E-state index contributed by atoms with van der Waals surface area (Å²) in [6, 6.07) is 8.70. The van der Waals surface area contributed by atoms with Gasteiger partial charge in [-0.05, 0) is 30.7 Å². The highest BCUT2D eigenvalue weighted by Gasteiger charge is 2.21. The third-order valence-electron chi connectivity index (χ3n) is 3.06. The predicted molar refractivity (Wildman–Crippen MR) is 74.4 cm³/mol. The number of hydrogen-bond acceptors (Lipinski definition) is 4. The Hall–Kier alpha value is -2.30. The summed E-state index contributed by atoms with van der Waals surface area (Å²) in [4.78, 5) is 11.8. The number of phenolic OH excluding ortho intramolecular Hbond substituents is 1. The number of hydrogen-bond donors (Lipinski definition) is 1. The molecule has 1 N–H and O–H groups in total. The van der Waals surface area contributed by atoms with Gasteiger partial charge in [0.25, 0.3) is 0 Å². The fraction of sp³-hybridized carbons (Fsp3) is 0.333. The Kier molecular flexibility index (Phi) is 4.40. The molecule has 0 aliphatic carbocycles. The van der Waals surface area contributed by atoms with Gasteiger partial charge in [-0.25, -0.2) is 0 Å². The molecule has 0 saturated carbocycles. The number of ether oxygens (including phenoxy) is 1. The number of carbonyl (C=O) groups excluding carboxylic acids is 1. The molecule has 0 radical (unpaired) electrons. The standard InChI is InChI=1S/C15H18N2O3/c1-3-20-15(19)10-13(14-8-9-17(2)16-14)11-4-6-12(18)7-5-11/h4-9,13,18H,3,10H2,1-2H3. The van der Waals surface area contributed by atoms with Gasteiger partial charge in [0.2, 0.25) is 0 Å². The first kappa shape index (κ1) is 14.1. The number of aryl methyl sites for hydroxylation is 1. The van der Waals surface area contributed by atoms with Crippen LogP contribution in [0.5, 0.6) is 5.75 Å². The summed E-state index contributed by atoms with van der Waals surface area (Å²) >= 11 is 0. The van der Waals surface area contributed by atoms with E-state index in [1.54, 1.807) is 35.9 Å². The lowest BCUT2D eigenvalue weighted by molar-refractivity contribution is -0.143. The summed E-state index contributed by atoms with van der Waals surface area (Å²) in [5.74, 6) is -0.225. The van der Waals surface area contributed by atoms with E-state index >= 15 is 0 Å². The molecule has 1 heterocycles. The molecule has 1 unspecified atom stereocenters. The monoisotopic (exact) mass is 274 g/mol. The number of benzene rings is 1. The number of nitrogens with zero attached hydrogens (tertiary/aromatic N) is 2. The normalized spacial score (nSPS) is 12.1. The van der Waals surface area contributed by atoms with Crippen LogP contribution in [0.1, 0.15) is 30.5 Å². The van der Waals surface area contributed by atoms with Crippen molar-refractivity contribution >= 4 is 5.97 Å². The van der Waals surface area contributed by atoms with Crippen molar-refractivity contribution in [2.45, 2.75) is 19.3 Å². The molecule has 0 amide bonds. The number of rotatable bonds is 5. The highest BCUT2D eigenvalue weighted by atomic mass is 16.5. The predicted octanol–water partition coefficient (Wildman–Crippen LogP) is 2.21. The number of carbonyl (C=O) groups is 1. The summed E-state index contributed by atoms with van der Waals surface area (Å²) in [7, 11) is 1.84. The van der Waals surface area contributed by atoms with E-state index in [1.165, 1.54) is 0 Å². The number of esters is 1. The SMILES string of the molecule is CCOC(=O)CC(c1ccc(O)cc1)c1ccn(C)n1. The Balaban J connectivity index is 2.28. The topological polar surface area (TPSA) is 64.3 Å². The Morgan fingerprint density at radius 3 is 2.60 bits per heavy atom. The molecular weight excluding hydrogens is 256 g/mol. The molecule has 0 aliphatic heterocycles. The zero-order valence-corrected chi connectivity index (χ0v) is 11.6. The van der Waals surface area contributed by atoms with Crippen molar-refractivity contribution < 1.29 is 14.6 Å². The lowest BCUT2D eigenvalue weighted by Crippen LogP contribution is -2.12. The lowest BCUT2D eigenvalue weighted by atomic mass is 9.92. The van der Waals surface area contributed by atoms with Gasteiger partial charge in [-0.3, -0.25) is 9.48 Å². The van der Waals surface area contributed by atoms with Gasteiger partial charge in [-0.2, -0.15) is 5.10 Å². The molecule has 1 aromatic carbocycles. The highest BCUT2D eigenvalue weighted by molar-refractivity contribution is 5.71. The molecule has 0 bridgehead atoms. The molecule has 0 fully saturated rings. The molecular formula is C15H18N2O3. The molecule has 2 rings (SSSR count). The molecule has 1 aromatic heterocycles. The molecule has 0 spiro atoms. The van der Waals surface area contributed by atoms with Gasteiger partial charge in [0.1, 0.15) is 5.75 Å². The Morgan fingerprint density at radius 2 is 2.05 bits per heavy atom. The minimum absolute atomic E-state index is 0.171. The average Bonchev–Trinajstić information content (AvgIpc) is 2.84. The van der Waals surface area contributed by atoms with Crippen molar-refractivity contribution in [3.63, 3.8) is 0 Å². The van der Waals surface area contributed by atoms with E-state index in [0.717, 1.165) is 11.3 Å². The summed E-state index contributed by atoms with van der Waals surface area (Å²) in [5.41, 5.74) is 1.74. The van der Waals surface area contributed by atoms with Crippen LogP contribution in [0.4, 0.5) is 0 Å². The lowest BCUT2D eigenvalue weighted by Gasteiger charge is -2.14. The maximum absolute atomic E-state index is 11.8. The molecule has 0 saturated heterocycles. The largest absolute Gasteiger partial charge is 0.508 e. The van der Waals surface area contributed by atoms with Crippen LogP contribution in [-0.2, 0) is 16.6 Å². The van der Waals surface area contributed by atoms with Gasteiger partial charge in [0, 0.05) is 19.2 Å². The highest BCUT2D eigenvalue weighted by Crippen LogP contribution is 2.28. The van der Waals surface area contributed by atoms with Crippen molar-refractivity contribution in [3.05, 3.63) is 47.8 Å². The fourth-order valence-corrected chi connectivity index (χ4v) is 2.11. The maximum Gasteiger partial charge on any atom is 0.306 e. The van der Waals surface area contributed by atoms with Crippen molar-refractivity contribution in [3.8, 4) is 5.75 Å². The summed E-state index contributed by atoms with van der Waals surface area (Å²) < 4.78 is 6.73. The van der Waals surface area contributed by atoms with Crippen LogP contribution in [0.3, 0.4) is 0 Å². The Morgan fingerprint density at radius 1 is 1.35 bits per heavy atom. The molecule has 2 aromatic rings. The van der Waals surface area contributed by atoms with Gasteiger partial charge < -0.3 is 9.84 Å². The first-order valence-corrected chi connectivity index (χ1v) is 6.54. The minimum atomic E-state index is -0.253. The minimum Gasteiger partial charge on any atom is -0.508 e. The van der Waals surface area contributed by atoms with Crippen LogP contribution >= 0.6 is 0 Å². The number of phenols is 1. The first-order valence-electron chi connectivity index (χ1n) is 6.54. The fourth-order valence-electron chi connectivity index (χ4n) is 2.11. The van der Waals surface area contributed by atoms with Gasteiger partial charge in [-0.15, -0.1) is 0 Å². The summed E-state index contributed by atoms with van der Waals surface area (Å²) in [5, 5.41) is 13.7. The zero-order chi connectivity index (χ0) is 14.5. The van der Waals surface area contributed by atoms with E-state index in [4.69, 9.17) is 4.74 Å². The zero-order valence-electron chi connectivity index (χ0n) is 11.6. The van der Waals surface area contributed by atoms with E-state index in [0.29, 0.717) is 6.61 Å². The third-order valence-corrected chi connectivity index (χ3v) is 3.06. The number of aromatic hydroxyl groups is 1. The Bertz CT molecular complexity index is 575. The van der Waals surface area contributed by atoms with Crippen molar-refractivity contribution in [1.29, 1.82) is 0 Å². The first-order chi connectivity index (χ1) is 9.60. The summed E-state index contributed by atoms with van der Waals surface area (Å²) in [6.45, 7) is 2.15. The second-order valence-electron chi connectivity index (χ2n) is 4.57. The molecule has 0 aliphatic rings. The maximum atomic E-state index is 11.8. The van der Waals surface area contributed by atoms with E-state index < -0.39 is 0 Å². The molecule has 106 valence electrons. The van der Waals surface area contributed by atoms with Crippen molar-refractivity contribution in [2.75, 3.05) is 6.61 Å². The number of aromatic nitrogens is 2.